The first-order valence-corrected chi connectivity index (χ1v) is 11.3. The first-order chi connectivity index (χ1) is 13.5. The molecular formula is C23H26INO3. The van der Waals surface area contributed by atoms with Crippen molar-refractivity contribution in [2.24, 2.45) is 5.92 Å². The molecule has 148 valence electrons. The van der Waals surface area contributed by atoms with Gasteiger partial charge < -0.3 is 10.1 Å². The van der Waals surface area contributed by atoms with E-state index in [1.807, 2.05) is 18.2 Å². The number of hydrogen-bond donors (Lipinski definition) is 1. The van der Waals surface area contributed by atoms with Crippen LogP contribution in [0.4, 0.5) is 0 Å². The molecule has 4 nitrogen and oxygen atoms in total. The van der Waals surface area contributed by atoms with Crippen molar-refractivity contribution in [3.63, 3.8) is 0 Å². The number of nitrogens with one attached hydrogen (secondary N) is 1. The lowest BCUT2D eigenvalue weighted by Crippen LogP contribution is -2.42. The molecule has 1 saturated carbocycles. The normalized spacial score (nSPS) is 25.9. The first-order valence-electron chi connectivity index (χ1n) is 10.2. The van der Waals surface area contributed by atoms with Crippen LogP contribution in [0.25, 0.3) is 0 Å². The van der Waals surface area contributed by atoms with Crippen molar-refractivity contribution in [1.29, 1.82) is 0 Å². The number of halogens is 1. The highest BCUT2D eigenvalue weighted by Gasteiger charge is 2.44. The Kier molecular flexibility index (Phi) is 5.90. The zero-order chi connectivity index (χ0) is 19.7. The quantitative estimate of drug-likeness (QED) is 0.478. The molecule has 1 aliphatic heterocycles. The van der Waals surface area contributed by atoms with Gasteiger partial charge in [0.05, 0.1) is 0 Å². The van der Waals surface area contributed by atoms with Crippen LogP contribution in [-0.4, -0.2) is 17.9 Å². The van der Waals surface area contributed by atoms with Gasteiger partial charge in [-0.15, -0.1) is 0 Å². The van der Waals surface area contributed by atoms with Crippen LogP contribution in [0, 0.1) is 9.49 Å². The minimum absolute atomic E-state index is 0.0111. The Balaban J connectivity index is 1.72. The summed E-state index contributed by atoms with van der Waals surface area (Å²) in [6, 6.07) is 8.09. The average Bonchev–Trinajstić information content (AvgIpc) is 2.68. The van der Waals surface area contributed by atoms with Crippen molar-refractivity contribution in [2.75, 3.05) is 0 Å². The maximum absolute atomic E-state index is 13.3. The summed E-state index contributed by atoms with van der Waals surface area (Å²) in [7, 11) is 0. The van der Waals surface area contributed by atoms with Crippen LogP contribution >= 0.6 is 22.6 Å². The first kappa shape index (κ1) is 19.7. The molecule has 1 aromatic carbocycles. The fourth-order valence-corrected chi connectivity index (χ4v) is 5.32. The summed E-state index contributed by atoms with van der Waals surface area (Å²) in [6.07, 6.45) is 7.48. The van der Waals surface area contributed by atoms with Crippen molar-refractivity contribution >= 4 is 34.3 Å². The van der Waals surface area contributed by atoms with E-state index in [4.69, 9.17) is 4.74 Å². The SMILES string of the molecule is C=C1NC2=C(C(=O)CCC2)C(c2cccc(I)c2)C1C(=O)OC1CCCCC1. The predicted octanol–water partition coefficient (Wildman–Crippen LogP) is 4.99. The number of esters is 1. The number of allylic oxidation sites excluding steroid dienone is 2. The van der Waals surface area contributed by atoms with Gasteiger partial charge in [0.15, 0.2) is 5.78 Å². The van der Waals surface area contributed by atoms with E-state index in [1.165, 1.54) is 6.42 Å². The zero-order valence-corrected chi connectivity index (χ0v) is 18.2. The number of carbonyl (C=O) groups is 2. The van der Waals surface area contributed by atoms with Gasteiger partial charge >= 0.3 is 5.97 Å². The number of Topliss-reactive ketones (excluding diaryl/α,β-unsaturated/α-hetero) is 1. The molecule has 0 bridgehead atoms. The second-order valence-electron chi connectivity index (χ2n) is 8.03. The zero-order valence-electron chi connectivity index (χ0n) is 16.0. The van der Waals surface area contributed by atoms with Crippen molar-refractivity contribution in [2.45, 2.75) is 63.4 Å². The number of carbonyl (C=O) groups excluding carboxylic acids is 2. The van der Waals surface area contributed by atoms with Crippen LogP contribution in [0.15, 0.2) is 47.8 Å². The molecule has 4 rings (SSSR count). The van der Waals surface area contributed by atoms with Crippen LogP contribution in [0.2, 0.25) is 0 Å². The number of rotatable bonds is 3. The van der Waals surface area contributed by atoms with Crippen molar-refractivity contribution in [3.05, 3.63) is 56.9 Å². The second-order valence-corrected chi connectivity index (χ2v) is 9.27. The van der Waals surface area contributed by atoms with Crippen molar-refractivity contribution < 1.29 is 14.3 Å². The summed E-state index contributed by atoms with van der Waals surface area (Å²) >= 11 is 2.27. The molecule has 1 aromatic rings. The molecule has 0 spiro atoms. The fraction of sp³-hybridized carbons (Fsp3) is 0.478. The van der Waals surface area contributed by atoms with E-state index in [0.29, 0.717) is 12.1 Å². The maximum Gasteiger partial charge on any atom is 0.316 e. The third-order valence-corrected chi connectivity index (χ3v) is 6.76. The van der Waals surface area contributed by atoms with Crippen molar-refractivity contribution in [1.82, 2.24) is 5.32 Å². The topological polar surface area (TPSA) is 55.4 Å². The van der Waals surface area contributed by atoms with Gasteiger partial charge in [-0.25, -0.2) is 0 Å². The summed E-state index contributed by atoms with van der Waals surface area (Å²) in [5, 5.41) is 3.29. The minimum Gasteiger partial charge on any atom is -0.462 e. The predicted molar refractivity (Wildman–Crippen MR) is 117 cm³/mol. The Hall–Kier alpha value is -1.63. The molecule has 2 unspecified atom stereocenters. The van der Waals surface area contributed by atoms with Crippen LogP contribution in [-0.2, 0) is 14.3 Å². The molecule has 0 saturated heterocycles. The molecular weight excluding hydrogens is 465 g/mol. The molecule has 0 aromatic heterocycles. The summed E-state index contributed by atoms with van der Waals surface area (Å²) in [6.45, 7) is 4.16. The molecule has 28 heavy (non-hydrogen) atoms. The van der Waals surface area contributed by atoms with Gasteiger partial charge in [0.2, 0.25) is 0 Å². The van der Waals surface area contributed by atoms with E-state index in [0.717, 1.165) is 58.9 Å². The molecule has 3 aliphatic rings. The van der Waals surface area contributed by atoms with E-state index in [9.17, 15) is 9.59 Å². The minimum atomic E-state index is -0.569. The third-order valence-electron chi connectivity index (χ3n) is 6.08. The summed E-state index contributed by atoms with van der Waals surface area (Å²) in [4.78, 5) is 26.1. The Bertz CT molecular complexity index is 838. The lowest BCUT2D eigenvalue weighted by molar-refractivity contribution is -0.155. The lowest BCUT2D eigenvalue weighted by atomic mass is 9.71. The summed E-state index contributed by atoms with van der Waals surface area (Å²) in [5.41, 5.74) is 3.33. The van der Waals surface area contributed by atoms with E-state index in [-0.39, 0.29) is 23.8 Å². The van der Waals surface area contributed by atoms with E-state index >= 15 is 0 Å². The molecule has 1 heterocycles. The average molecular weight is 491 g/mol. The Morgan fingerprint density at radius 2 is 1.93 bits per heavy atom. The Morgan fingerprint density at radius 3 is 2.68 bits per heavy atom. The number of hydrogen-bond acceptors (Lipinski definition) is 4. The smallest absolute Gasteiger partial charge is 0.316 e. The lowest BCUT2D eigenvalue weighted by Gasteiger charge is -2.39. The summed E-state index contributed by atoms with van der Waals surface area (Å²) in [5.74, 6) is -0.998. The second kappa shape index (κ2) is 8.39. The highest BCUT2D eigenvalue weighted by atomic mass is 127. The van der Waals surface area contributed by atoms with Gasteiger partial charge in [-0.1, -0.05) is 25.1 Å². The highest BCUT2D eigenvalue weighted by Crippen LogP contribution is 2.44. The van der Waals surface area contributed by atoms with Crippen LogP contribution in [0.1, 0.15) is 62.8 Å². The molecule has 0 radical (unpaired) electrons. The molecule has 1 fully saturated rings. The van der Waals surface area contributed by atoms with Gasteiger partial charge in [0, 0.05) is 32.9 Å². The third kappa shape index (κ3) is 3.91. The van der Waals surface area contributed by atoms with Crippen LogP contribution in [0.5, 0.6) is 0 Å². The fourth-order valence-electron chi connectivity index (χ4n) is 4.75. The number of benzene rings is 1. The van der Waals surface area contributed by atoms with E-state index in [2.05, 4.69) is 40.6 Å². The van der Waals surface area contributed by atoms with Gasteiger partial charge in [-0.2, -0.15) is 0 Å². The van der Waals surface area contributed by atoms with Crippen LogP contribution < -0.4 is 5.32 Å². The molecule has 0 amide bonds. The maximum atomic E-state index is 13.3. The molecule has 2 aliphatic carbocycles. The van der Waals surface area contributed by atoms with Gasteiger partial charge in [-0.05, 0) is 78.8 Å². The molecule has 1 N–H and O–H groups in total. The molecule has 5 heteroatoms. The van der Waals surface area contributed by atoms with E-state index in [1.54, 1.807) is 0 Å². The van der Waals surface area contributed by atoms with Gasteiger partial charge in [0.1, 0.15) is 12.0 Å². The van der Waals surface area contributed by atoms with Crippen LogP contribution in [0.3, 0.4) is 0 Å². The summed E-state index contributed by atoms with van der Waals surface area (Å²) < 4.78 is 7.01. The largest absolute Gasteiger partial charge is 0.462 e. The van der Waals surface area contributed by atoms with E-state index < -0.39 is 5.92 Å². The van der Waals surface area contributed by atoms with Gasteiger partial charge in [-0.3, -0.25) is 9.59 Å². The Morgan fingerprint density at radius 1 is 1.14 bits per heavy atom. The number of ketones is 1. The van der Waals surface area contributed by atoms with Crippen molar-refractivity contribution in [3.8, 4) is 0 Å². The highest BCUT2D eigenvalue weighted by molar-refractivity contribution is 14.1. The standard InChI is InChI=1S/C23H26INO3/c1-14-20(23(27)28-17-9-3-2-4-10-17)21(15-7-5-8-16(24)13-15)22-18(25-14)11-6-12-19(22)26/h5,7-8,13,17,20-21,25H,1-4,6,9-12H2. The number of ether oxygens (including phenoxy) is 1. The Labute approximate surface area is 179 Å². The monoisotopic (exact) mass is 491 g/mol. The van der Waals surface area contributed by atoms with Gasteiger partial charge in [0.25, 0.3) is 0 Å². The molecule has 2 atom stereocenters.